The average Bonchev–Trinajstić information content (AvgIpc) is 3.51. The van der Waals surface area contributed by atoms with E-state index in [-0.39, 0.29) is 5.91 Å². The van der Waals surface area contributed by atoms with Crippen molar-refractivity contribution in [3.63, 3.8) is 0 Å². The van der Waals surface area contributed by atoms with Crippen molar-refractivity contribution in [2.45, 2.75) is 10.6 Å². The van der Waals surface area contributed by atoms with E-state index in [1.165, 1.54) is 17.4 Å². The highest BCUT2D eigenvalue weighted by atomic mass is 32.2. The molecular formula is C24H20N2O3S2. The highest BCUT2D eigenvalue weighted by Gasteiger charge is 2.19. The molecule has 156 valence electrons. The molecule has 0 unspecified atom stereocenters. The molecular weight excluding hydrogens is 428 g/mol. The van der Waals surface area contributed by atoms with Crippen LogP contribution in [0.3, 0.4) is 0 Å². The van der Waals surface area contributed by atoms with Gasteiger partial charge >= 0.3 is 0 Å². The van der Waals surface area contributed by atoms with Crippen LogP contribution in [0.5, 0.6) is 5.75 Å². The molecule has 0 saturated carbocycles. The Morgan fingerprint density at radius 2 is 1.97 bits per heavy atom. The topological polar surface area (TPSA) is 55.6 Å². The van der Waals surface area contributed by atoms with Crippen molar-refractivity contribution in [3.8, 4) is 17.0 Å². The van der Waals surface area contributed by atoms with E-state index in [2.05, 4.69) is 6.58 Å². The summed E-state index contributed by atoms with van der Waals surface area (Å²) in [6.45, 7) is 3.65. The summed E-state index contributed by atoms with van der Waals surface area (Å²) in [5.74, 6) is 2.23. The van der Waals surface area contributed by atoms with Gasteiger partial charge in [0.1, 0.15) is 11.5 Å². The monoisotopic (exact) mass is 448 g/mol. The van der Waals surface area contributed by atoms with Gasteiger partial charge in [-0.2, -0.15) is 0 Å². The third-order valence-corrected chi connectivity index (χ3v) is 6.38. The maximum Gasteiger partial charge on any atom is 0.256 e. The summed E-state index contributed by atoms with van der Waals surface area (Å²) in [7, 11) is 1.63. The van der Waals surface area contributed by atoms with Gasteiger partial charge in [-0.25, -0.2) is 4.98 Å². The highest BCUT2D eigenvalue weighted by molar-refractivity contribution is 7.98. The first kappa shape index (κ1) is 21.0. The standard InChI is InChI=1S/C24H20N2O3S2/c1-3-23(27)26(18-8-12-21(13-9-18)30-15-20-5-4-14-29-20)24-25-22(16-31-24)17-6-10-19(28-2)11-7-17/h3-14,16H,1,15H2,2H3. The molecule has 0 bridgehead atoms. The van der Waals surface area contributed by atoms with Crippen LogP contribution in [-0.4, -0.2) is 18.0 Å². The van der Waals surface area contributed by atoms with Crippen molar-refractivity contribution >= 4 is 39.8 Å². The van der Waals surface area contributed by atoms with Gasteiger partial charge in [-0.1, -0.05) is 6.58 Å². The number of benzene rings is 2. The van der Waals surface area contributed by atoms with E-state index in [0.717, 1.165) is 39.1 Å². The fraction of sp³-hybridized carbons (Fsp3) is 0.0833. The van der Waals surface area contributed by atoms with Crippen molar-refractivity contribution in [1.29, 1.82) is 0 Å². The number of ether oxygens (including phenoxy) is 1. The number of hydrogen-bond acceptors (Lipinski definition) is 6. The van der Waals surface area contributed by atoms with Crippen LogP contribution in [0.25, 0.3) is 11.3 Å². The van der Waals surface area contributed by atoms with Crippen LogP contribution < -0.4 is 9.64 Å². The Morgan fingerprint density at radius 1 is 1.19 bits per heavy atom. The van der Waals surface area contributed by atoms with Gasteiger partial charge in [0.15, 0.2) is 5.13 Å². The Labute approximate surface area is 189 Å². The summed E-state index contributed by atoms with van der Waals surface area (Å²) in [4.78, 5) is 20.0. The number of thioether (sulfide) groups is 1. The minimum absolute atomic E-state index is 0.230. The molecule has 7 heteroatoms. The van der Waals surface area contributed by atoms with Crippen molar-refractivity contribution in [2.24, 2.45) is 0 Å². The lowest BCUT2D eigenvalue weighted by molar-refractivity contribution is -0.113. The Hall–Kier alpha value is -3.29. The van der Waals surface area contributed by atoms with Crippen LogP contribution in [0.1, 0.15) is 5.76 Å². The molecule has 5 nitrogen and oxygen atoms in total. The number of anilines is 2. The van der Waals surface area contributed by atoms with Crippen LogP contribution in [0.4, 0.5) is 10.8 Å². The van der Waals surface area contributed by atoms with Gasteiger partial charge in [-0.15, -0.1) is 23.1 Å². The van der Waals surface area contributed by atoms with Crippen LogP contribution in [0.15, 0.2) is 94.3 Å². The molecule has 1 amide bonds. The molecule has 4 rings (SSSR count). The van der Waals surface area contributed by atoms with Gasteiger partial charge in [0.05, 0.1) is 30.5 Å². The number of amides is 1. The maximum atomic E-state index is 12.6. The molecule has 0 aliphatic heterocycles. The van der Waals surface area contributed by atoms with Crippen molar-refractivity contribution in [3.05, 3.63) is 90.7 Å². The Balaban J connectivity index is 1.55. The summed E-state index contributed by atoms with van der Waals surface area (Å²) in [6.07, 6.45) is 2.97. The zero-order chi connectivity index (χ0) is 21.6. The first-order valence-corrected chi connectivity index (χ1v) is 11.4. The summed E-state index contributed by atoms with van der Waals surface area (Å²) in [5, 5.41) is 2.53. The Kier molecular flexibility index (Phi) is 6.54. The molecule has 2 heterocycles. The van der Waals surface area contributed by atoms with E-state index in [0.29, 0.717) is 5.13 Å². The SMILES string of the molecule is C=CC(=O)N(c1ccc(SCc2ccco2)cc1)c1nc(-c2ccc(OC)cc2)cs1. The van der Waals surface area contributed by atoms with Crippen LogP contribution in [0, 0.1) is 0 Å². The number of nitrogens with zero attached hydrogens (tertiary/aromatic N) is 2. The lowest BCUT2D eigenvalue weighted by Crippen LogP contribution is -2.23. The maximum absolute atomic E-state index is 12.6. The third kappa shape index (κ3) is 4.90. The summed E-state index contributed by atoms with van der Waals surface area (Å²) in [6, 6.07) is 19.3. The van der Waals surface area contributed by atoms with Crippen LogP contribution >= 0.6 is 23.1 Å². The number of aromatic nitrogens is 1. The lowest BCUT2D eigenvalue weighted by atomic mass is 10.2. The van der Waals surface area contributed by atoms with Gasteiger partial charge in [0, 0.05) is 15.8 Å². The van der Waals surface area contributed by atoms with Crippen molar-refractivity contribution in [2.75, 3.05) is 12.0 Å². The van der Waals surface area contributed by atoms with Gasteiger partial charge < -0.3 is 9.15 Å². The Morgan fingerprint density at radius 3 is 2.61 bits per heavy atom. The first-order chi connectivity index (χ1) is 15.2. The summed E-state index contributed by atoms with van der Waals surface area (Å²) >= 11 is 3.08. The number of carbonyl (C=O) groups is 1. The molecule has 2 aromatic carbocycles. The van der Waals surface area contributed by atoms with E-state index >= 15 is 0 Å². The number of furan rings is 1. The normalized spacial score (nSPS) is 10.6. The summed E-state index contributed by atoms with van der Waals surface area (Å²) < 4.78 is 10.6. The van der Waals surface area contributed by atoms with Crippen molar-refractivity contribution < 1.29 is 13.9 Å². The first-order valence-electron chi connectivity index (χ1n) is 9.49. The smallest absolute Gasteiger partial charge is 0.256 e. The van der Waals surface area contributed by atoms with E-state index in [1.807, 2.05) is 66.0 Å². The molecule has 31 heavy (non-hydrogen) atoms. The molecule has 4 aromatic rings. The largest absolute Gasteiger partial charge is 0.497 e. The van der Waals surface area contributed by atoms with Crippen molar-refractivity contribution in [1.82, 2.24) is 4.98 Å². The van der Waals surface area contributed by atoms with Crippen LogP contribution in [0.2, 0.25) is 0 Å². The molecule has 0 saturated heterocycles. The molecule has 2 aromatic heterocycles. The minimum atomic E-state index is -0.230. The molecule has 0 atom stereocenters. The third-order valence-electron chi connectivity index (χ3n) is 4.52. The number of hydrogen-bond donors (Lipinski definition) is 0. The fourth-order valence-electron chi connectivity index (χ4n) is 2.93. The molecule has 0 spiro atoms. The lowest BCUT2D eigenvalue weighted by Gasteiger charge is -2.18. The molecule has 0 N–H and O–H groups in total. The molecule has 0 aliphatic carbocycles. The number of rotatable bonds is 8. The zero-order valence-corrected chi connectivity index (χ0v) is 18.5. The van der Waals surface area contributed by atoms with Gasteiger partial charge in [-0.3, -0.25) is 9.69 Å². The zero-order valence-electron chi connectivity index (χ0n) is 16.9. The van der Waals surface area contributed by atoms with Gasteiger partial charge in [-0.05, 0) is 66.7 Å². The average molecular weight is 449 g/mol. The molecule has 0 aliphatic rings. The fourth-order valence-corrected chi connectivity index (χ4v) is 4.58. The number of thiazole rings is 1. The quantitative estimate of drug-likeness (QED) is 0.226. The van der Waals surface area contributed by atoms with Crippen LogP contribution in [-0.2, 0) is 10.5 Å². The number of methoxy groups -OCH3 is 1. The van der Waals surface area contributed by atoms with Gasteiger partial charge in [0.25, 0.3) is 5.91 Å². The molecule has 0 radical (unpaired) electrons. The second-order valence-corrected chi connectivity index (χ2v) is 8.37. The van der Waals surface area contributed by atoms with E-state index in [1.54, 1.807) is 30.0 Å². The van der Waals surface area contributed by atoms with E-state index in [4.69, 9.17) is 14.1 Å². The second-order valence-electron chi connectivity index (χ2n) is 6.48. The van der Waals surface area contributed by atoms with E-state index < -0.39 is 0 Å². The summed E-state index contributed by atoms with van der Waals surface area (Å²) in [5.41, 5.74) is 2.50. The van der Waals surface area contributed by atoms with Gasteiger partial charge in [0.2, 0.25) is 0 Å². The minimum Gasteiger partial charge on any atom is -0.497 e. The molecule has 0 fully saturated rings. The number of carbonyl (C=O) groups excluding carboxylic acids is 1. The second kappa shape index (κ2) is 9.68. The highest BCUT2D eigenvalue weighted by Crippen LogP contribution is 2.34. The predicted molar refractivity (Wildman–Crippen MR) is 126 cm³/mol. The van der Waals surface area contributed by atoms with E-state index in [9.17, 15) is 4.79 Å². The Bertz CT molecular complexity index is 1150. The predicted octanol–water partition coefficient (Wildman–Crippen LogP) is 6.55.